The van der Waals surface area contributed by atoms with Crippen LogP contribution in [0, 0.1) is 10.1 Å². The molecular formula is C13H16KN2O7. The molecule has 1 heterocycles. The minimum atomic E-state index is -1.03. The van der Waals surface area contributed by atoms with Crippen molar-refractivity contribution >= 4 is 68.8 Å². The first-order chi connectivity index (χ1) is 10.5. The maximum Gasteiger partial charge on any atom is 0.374 e. The van der Waals surface area contributed by atoms with Gasteiger partial charge in [0, 0.05) is 70.1 Å². The van der Waals surface area contributed by atoms with Crippen molar-refractivity contribution in [3.63, 3.8) is 0 Å². The topological polar surface area (TPSA) is 118 Å². The molecule has 1 aromatic rings. The fourth-order valence-electron chi connectivity index (χ4n) is 1.54. The molecule has 0 fully saturated rings. The van der Waals surface area contributed by atoms with Gasteiger partial charge in [-0.25, -0.2) is 9.78 Å². The smallest absolute Gasteiger partial charge is 0.374 e. The predicted octanol–water partition coefficient (Wildman–Crippen LogP) is 0.309. The number of hydrogen-bond donors (Lipinski definition) is 0. The normalized spacial score (nSPS) is 9.65. The average Bonchev–Trinajstić information content (AvgIpc) is 2.47. The second-order valence-electron chi connectivity index (χ2n) is 4.07. The Morgan fingerprint density at radius 2 is 2.04 bits per heavy atom. The Hall–Kier alpha value is -0.914. The van der Waals surface area contributed by atoms with Crippen molar-refractivity contribution in [3.05, 3.63) is 27.9 Å². The van der Waals surface area contributed by atoms with E-state index in [1.54, 1.807) is 6.92 Å². The second kappa shape index (κ2) is 11.6. The number of pyridine rings is 1. The number of hydrogen-bond acceptors (Lipinski definition) is 8. The van der Waals surface area contributed by atoms with Crippen molar-refractivity contribution in [2.75, 3.05) is 26.9 Å². The number of nitro groups is 1. The van der Waals surface area contributed by atoms with Crippen LogP contribution in [0.15, 0.2) is 12.3 Å². The summed E-state index contributed by atoms with van der Waals surface area (Å²) in [4.78, 5) is 37.0. The molecule has 0 amide bonds. The van der Waals surface area contributed by atoms with Gasteiger partial charge in [-0.15, -0.1) is 0 Å². The third kappa shape index (κ3) is 7.46. The molecule has 0 saturated heterocycles. The summed E-state index contributed by atoms with van der Waals surface area (Å²) in [6.07, 6.45) is 0.522. The van der Waals surface area contributed by atoms with Gasteiger partial charge in [0.05, 0.1) is 24.6 Å². The number of Topliss-reactive ketones (excluding diaryl/α,β-unsaturated/α-hetero) is 1. The van der Waals surface area contributed by atoms with Crippen molar-refractivity contribution in [2.45, 2.75) is 13.3 Å². The fourth-order valence-corrected chi connectivity index (χ4v) is 1.54. The van der Waals surface area contributed by atoms with E-state index in [1.807, 2.05) is 0 Å². The van der Waals surface area contributed by atoms with Gasteiger partial charge in [0.25, 0.3) is 5.69 Å². The van der Waals surface area contributed by atoms with Crippen LogP contribution in [0.2, 0.25) is 0 Å². The molecule has 0 atom stereocenters. The van der Waals surface area contributed by atoms with E-state index >= 15 is 0 Å². The predicted molar refractivity (Wildman–Crippen MR) is 79.4 cm³/mol. The van der Waals surface area contributed by atoms with E-state index < -0.39 is 23.1 Å². The van der Waals surface area contributed by atoms with E-state index in [2.05, 4.69) is 9.72 Å². The molecule has 1 aromatic heterocycles. The number of esters is 1. The quantitative estimate of drug-likeness (QED) is 0.156. The van der Waals surface area contributed by atoms with Crippen LogP contribution in [0.3, 0.4) is 0 Å². The van der Waals surface area contributed by atoms with E-state index in [-0.39, 0.29) is 81.7 Å². The molecule has 9 nitrogen and oxygen atoms in total. The van der Waals surface area contributed by atoms with Crippen molar-refractivity contribution < 1.29 is 28.7 Å². The molecule has 121 valence electrons. The zero-order valence-electron chi connectivity index (χ0n) is 13.2. The van der Waals surface area contributed by atoms with Gasteiger partial charge < -0.3 is 14.2 Å². The van der Waals surface area contributed by atoms with Gasteiger partial charge in [0.2, 0.25) is 11.7 Å². The van der Waals surface area contributed by atoms with Crippen LogP contribution in [0.1, 0.15) is 12.5 Å². The first kappa shape index (κ1) is 22.1. The Bertz CT molecular complexity index is 565. The molecule has 0 aliphatic carbocycles. The summed E-state index contributed by atoms with van der Waals surface area (Å²) < 4.78 is 14.6. The van der Waals surface area contributed by atoms with Crippen LogP contribution in [0.25, 0.3) is 0 Å². The maximum absolute atomic E-state index is 11.7. The monoisotopic (exact) mass is 351 g/mol. The Kier molecular flexibility index (Phi) is 11.1. The van der Waals surface area contributed by atoms with Gasteiger partial charge in [-0.3, -0.25) is 14.9 Å². The number of ether oxygens (including phenoxy) is 3. The summed E-state index contributed by atoms with van der Waals surface area (Å²) in [5.74, 6) is -1.80. The molecular weight excluding hydrogens is 335 g/mol. The van der Waals surface area contributed by atoms with Gasteiger partial charge in [0.15, 0.2) is 0 Å². The number of aromatic nitrogens is 1. The zero-order valence-corrected chi connectivity index (χ0v) is 16.4. The van der Waals surface area contributed by atoms with Crippen LogP contribution in [0.4, 0.5) is 5.69 Å². The summed E-state index contributed by atoms with van der Waals surface area (Å²) in [5.41, 5.74) is -0.331. The minimum absolute atomic E-state index is 0. The van der Waals surface area contributed by atoms with Crippen molar-refractivity contribution in [1.82, 2.24) is 4.98 Å². The molecule has 1 rings (SSSR count). The Labute approximate surface area is 175 Å². The second-order valence-corrected chi connectivity index (χ2v) is 4.07. The van der Waals surface area contributed by atoms with E-state index in [9.17, 15) is 19.7 Å². The molecule has 23 heavy (non-hydrogen) atoms. The summed E-state index contributed by atoms with van der Waals surface area (Å²) in [6, 6.07) is 1.25. The van der Waals surface area contributed by atoms with E-state index in [0.29, 0.717) is 6.61 Å². The van der Waals surface area contributed by atoms with Crippen LogP contribution < -0.4 is 4.74 Å². The Morgan fingerprint density at radius 1 is 1.35 bits per heavy atom. The van der Waals surface area contributed by atoms with Gasteiger partial charge in [-0.1, -0.05) is 0 Å². The fraction of sp³-hybridized carbons (Fsp3) is 0.462. The third-order valence-corrected chi connectivity index (χ3v) is 2.53. The number of carbonyl (C=O) groups is 2. The third-order valence-electron chi connectivity index (χ3n) is 2.53. The first-order valence-corrected chi connectivity index (χ1v) is 6.44. The van der Waals surface area contributed by atoms with E-state index in [4.69, 9.17) is 9.47 Å². The SMILES string of the molecule is CCOC(=O)C(=O)Cc1cc(OCCOC)ncc1[N+](=O)[O-].[K]. The minimum Gasteiger partial charge on any atom is -0.475 e. The largest absolute Gasteiger partial charge is 0.475 e. The molecule has 0 aliphatic rings. The number of ketones is 1. The number of nitrogens with zero attached hydrogens (tertiary/aromatic N) is 2. The summed E-state index contributed by atoms with van der Waals surface area (Å²) in [6.45, 7) is 2.12. The maximum atomic E-state index is 11.7. The Morgan fingerprint density at radius 3 is 2.61 bits per heavy atom. The summed E-state index contributed by atoms with van der Waals surface area (Å²) in [7, 11) is 1.50. The van der Waals surface area contributed by atoms with E-state index in [1.165, 1.54) is 13.2 Å². The zero-order chi connectivity index (χ0) is 16.5. The van der Waals surface area contributed by atoms with Crippen LogP contribution in [-0.2, 0) is 25.5 Å². The van der Waals surface area contributed by atoms with Crippen molar-refractivity contribution in [3.8, 4) is 5.88 Å². The van der Waals surface area contributed by atoms with Crippen molar-refractivity contribution in [2.24, 2.45) is 0 Å². The molecule has 0 spiro atoms. The molecule has 0 aromatic carbocycles. The van der Waals surface area contributed by atoms with Crippen LogP contribution in [-0.4, -0.2) is 100.0 Å². The summed E-state index contributed by atoms with van der Waals surface area (Å²) in [5, 5.41) is 10.9. The first-order valence-electron chi connectivity index (χ1n) is 6.44. The summed E-state index contributed by atoms with van der Waals surface area (Å²) >= 11 is 0. The van der Waals surface area contributed by atoms with Crippen molar-refractivity contribution in [1.29, 1.82) is 0 Å². The number of carbonyl (C=O) groups excluding carboxylic acids is 2. The molecule has 0 N–H and O–H groups in total. The van der Waals surface area contributed by atoms with Crippen LogP contribution >= 0.6 is 0 Å². The Balaban J connectivity index is 0.00000484. The number of methoxy groups -OCH3 is 1. The molecule has 1 radical (unpaired) electrons. The molecule has 0 unspecified atom stereocenters. The van der Waals surface area contributed by atoms with E-state index in [0.717, 1.165) is 6.20 Å². The molecule has 10 heteroatoms. The molecule has 0 saturated carbocycles. The molecule has 0 aliphatic heterocycles. The van der Waals surface area contributed by atoms with Crippen LogP contribution in [0.5, 0.6) is 5.88 Å². The standard InChI is InChI=1S/C13H16N2O7.K/c1-3-21-13(17)11(16)6-9-7-12(22-5-4-20-2)14-8-10(9)15(18)19;/h7-8H,3-6H2,1-2H3;. The molecule has 0 bridgehead atoms. The van der Waals surface area contributed by atoms with Gasteiger partial charge in [0.1, 0.15) is 12.8 Å². The average molecular weight is 351 g/mol. The number of rotatable bonds is 9. The van der Waals surface area contributed by atoms with Gasteiger partial charge in [-0.2, -0.15) is 0 Å². The van der Waals surface area contributed by atoms with Gasteiger partial charge >= 0.3 is 5.97 Å². The van der Waals surface area contributed by atoms with Gasteiger partial charge in [-0.05, 0) is 6.92 Å².